The number of rotatable bonds is 54. The van der Waals surface area contributed by atoms with Gasteiger partial charge in [0.1, 0.15) is 18.8 Å². The highest BCUT2D eigenvalue weighted by Crippen LogP contribution is 2.26. The number of hydrogen-bond donors (Lipinski definition) is 3. The molecule has 1 saturated heterocycles. The number of carbonyl (C=O) groups excluding carboxylic acids is 3. The van der Waals surface area contributed by atoms with Crippen LogP contribution in [-0.4, -0.2) is 89.2 Å². The first-order chi connectivity index (χ1) is 39.6. The Bertz CT molecular complexity index is 1780. The summed E-state index contributed by atoms with van der Waals surface area (Å²) in [6.45, 7) is 5.82. The van der Waals surface area contributed by atoms with Gasteiger partial charge in [0, 0.05) is 19.3 Å². The number of aliphatic carboxylic acids is 1. The third-order valence-electron chi connectivity index (χ3n) is 14.1. The van der Waals surface area contributed by atoms with Crippen LogP contribution in [0.4, 0.5) is 0 Å². The number of carboxylic acid groups (broad SMARTS) is 1. The van der Waals surface area contributed by atoms with E-state index in [4.69, 9.17) is 23.7 Å². The molecule has 0 bridgehead atoms. The molecule has 1 fully saturated rings. The van der Waals surface area contributed by atoms with Crippen molar-refractivity contribution in [2.45, 2.75) is 302 Å². The summed E-state index contributed by atoms with van der Waals surface area (Å²) in [5, 5.41) is 31.6. The van der Waals surface area contributed by atoms with E-state index in [1.165, 1.54) is 77.0 Å². The molecule has 0 amide bonds. The normalized spacial score (nSPS) is 18.4. The quantitative estimate of drug-likeness (QED) is 0.0228. The Kier molecular flexibility index (Phi) is 51.7. The fourth-order valence-electron chi connectivity index (χ4n) is 9.18. The lowest BCUT2D eigenvalue weighted by atomic mass is 9.98. The van der Waals surface area contributed by atoms with E-state index in [0.717, 1.165) is 128 Å². The topological polar surface area (TPSA) is 175 Å². The van der Waals surface area contributed by atoms with Crippen molar-refractivity contribution >= 4 is 23.9 Å². The molecule has 3 N–H and O–H groups in total. The lowest BCUT2D eigenvalue weighted by Crippen LogP contribution is -2.61. The SMILES string of the molecule is CC/C=C\C/C=C\C/C=C\C/C=C\CCCCC(=O)OC(COC(=O)CCCCCCCCC/C=C\CCCCCCCC)COC1OC(C(=O)O)C(O)C(O)C1OC(=O)CCCCCCCC/C=C\C/C=C\C/C=C\CCCCC. The van der Waals surface area contributed by atoms with Gasteiger partial charge >= 0.3 is 23.9 Å². The van der Waals surface area contributed by atoms with Crippen LogP contribution in [0.3, 0.4) is 0 Å². The number of unbranched alkanes of at least 4 members (excludes halogenated alkanes) is 24. The van der Waals surface area contributed by atoms with Crippen LogP contribution >= 0.6 is 0 Å². The van der Waals surface area contributed by atoms with E-state index in [-0.39, 0.29) is 25.9 Å². The molecule has 81 heavy (non-hydrogen) atoms. The van der Waals surface area contributed by atoms with Gasteiger partial charge in [-0.25, -0.2) is 4.79 Å². The molecule has 0 aromatic carbocycles. The number of ether oxygens (including phenoxy) is 5. The Hall–Kier alpha value is -4.36. The average molecular weight is 1140 g/mol. The number of carbonyl (C=O) groups is 4. The minimum absolute atomic E-state index is 0.0367. The molecule has 1 aliphatic rings. The van der Waals surface area contributed by atoms with Crippen LogP contribution in [0.15, 0.2) is 97.2 Å². The predicted octanol–water partition coefficient (Wildman–Crippen LogP) is 17.2. The lowest BCUT2D eigenvalue weighted by Gasteiger charge is -2.40. The van der Waals surface area contributed by atoms with Gasteiger partial charge in [-0.05, 0) is 122 Å². The molecule has 462 valence electrons. The van der Waals surface area contributed by atoms with Crippen LogP contribution < -0.4 is 0 Å². The van der Waals surface area contributed by atoms with Crippen molar-refractivity contribution in [3.63, 3.8) is 0 Å². The first-order valence-corrected chi connectivity index (χ1v) is 32.2. The van der Waals surface area contributed by atoms with Gasteiger partial charge in [0.15, 0.2) is 24.6 Å². The van der Waals surface area contributed by atoms with Gasteiger partial charge in [0.2, 0.25) is 0 Å². The fourth-order valence-corrected chi connectivity index (χ4v) is 9.18. The lowest BCUT2D eigenvalue weighted by molar-refractivity contribution is -0.301. The number of allylic oxidation sites excluding steroid dienone is 16. The molecule has 1 rings (SSSR count). The van der Waals surface area contributed by atoms with E-state index in [9.17, 15) is 34.5 Å². The van der Waals surface area contributed by atoms with Crippen LogP contribution in [-0.2, 0) is 42.9 Å². The molecule has 12 nitrogen and oxygen atoms in total. The van der Waals surface area contributed by atoms with E-state index in [1.807, 2.05) is 0 Å². The maximum absolute atomic E-state index is 13.2. The summed E-state index contributed by atoms with van der Waals surface area (Å²) in [5.41, 5.74) is 0. The highest BCUT2D eigenvalue weighted by Gasteiger charge is 2.50. The number of carboxylic acids is 1. The van der Waals surface area contributed by atoms with Crippen LogP contribution in [0.25, 0.3) is 0 Å². The molecule has 0 spiro atoms. The van der Waals surface area contributed by atoms with E-state index in [2.05, 4.69) is 118 Å². The van der Waals surface area contributed by atoms with E-state index >= 15 is 0 Å². The van der Waals surface area contributed by atoms with Crippen LogP contribution in [0.1, 0.15) is 265 Å². The number of hydrogen-bond acceptors (Lipinski definition) is 11. The van der Waals surface area contributed by atoms with Gasteiger partial charge in [-0.3, -0.25) is 14.4 Å². The minimum Gasteiger partial charge on any atom is -0.479 e. The molecule has 0 aliphatic carbocycles. The monoisotopic (exact) mass is 1130 g/mol. The van der Waals surface area contributed by atoms with E-state index in [1.54, 1.807) is 0 Å². The van der Waals surface area contributed by atoms with Gasteiger partial charge in [-0.15, -0.1) is 0 Å². The standard InChI is InChI=1S/C69H114O12/c1-4-7-10-13-16-19-22-25-28-30-31-33-36-39-42-45-48-51-54-57-63(72)80-67-65(74)64(73)66(68(75)76)81-69(67)78-59-60(79-62(71)56-53-50-47-44-41-38-34-27-24-21-18-15-12-9-6-3)58-77-61(70)55-52-49-46-43-40-37-35-32-29-26-23-20-17-14-11-8-5-2/h9,12,16,18-19,21,25-29,31,33-34,41,44,60,64-67,69,73-74H,4-8,10-11,13-15,17,20,22-24,30,32,35-40,42-43,45-59H2,1-3H3,(H,75,76)/b12-9-,19-16-,21-18-,28-25-,29-26-,33-31-,34-27-,44-41-. The number of aliphatic hydroxyl groups is 2. The van der Waals surface area contributed by atoms with Gasteiger partial charge < -0.3 is 39.0 Å². The first-order valence-electron chi connectivity index (χ1n) is 32.2. The van der Waals surface area contributed by atoms with Crippen molar-refractivity contribution in [2.24, 2.45) is 0 Å². The van der Waals surface area contributed by atoms with Crippen molar-refractivity contribution < 1.29 is 58.2 Å². The zero-order valence-corrected chi connectivity index (χ0v) is 51.0. The summed E-state index contributed by atoms with van der Waals surface area (Å²) in [4.78, 5) is 51.3. The van der Waals surface area contributed by atoms with E-state index in [0.29, 0.717) is 19.3 Å². The fraction of sp³-hybridized carbons (Fsp3) is 0.710. The summed E-state index contributed by atoms with van der Waals surface area (Å²) in [6.07, 6.45) is 62.2. The smallest absolute Gasteiger partial charge is 0.335 e. The maximum atomic E-state index is 13.2. The van der Waals surface area contributed by atoms with Gasteiger partial charge in [0.05, 0.1) is 6.61 Å². The second kappa shape index (κ2) is 56.1. The van der Waals surface area contributed by atoms with Crippen LogP contribution in [0.2, 0.25) is 0 Å². The second-order valence-corrected chi connectivity index (χ2v) is 21.7. The Morgan fingerprint density at radius 3 is 1.25 bits per heavy atom. The second-order valence-electron chi connectivity index (χ2n) is 21.7. The van der Waals surface area contributed by atoms with Gasteiger partial charge in [0.25, 0.3) is 0 Å². The third kappa shape index (κ3) is 45.8. The van der Waals surface area contributed by atoms with Crippen molar-refractivity contribution in [2.75, 3.05) is 13.2 Å². The molecule has 6 atom stereocenters. The molecule has 0 aromatic heterocycles. The minimum atomic E-state index is -1.92. The molecule has 0 radical (unpaired) electrons. The highest BCUT2D eigenvalue weighted by molar-refractivity contribution is 5.74. The summed E-state index contributed by atoms with van der Waals surface area (Å²) in [5.74, 6) is -3.20. The molecule has 6 unspecified atom stereocenters. The molecular weight excluding hydrogens is 1020 g/mol. The Morgan fingerprint density at radius 1 is 0.420 bits per heavy atom. The highest BCUT2D eigenvalue weighted by atomic mass is 16.7. The van der Waals surface area contributed by atoms with Crippen LogP contribution in [0, 0.1) is 0 Å². The van der Waals surface area contributed by atoms with Crippen molar-refractivity contribution in [1.82, 2.24) is 0 Å². The first kappa shape index (κ1) is 74.7. The van der Waals surface area contributed by atoms with Crippen molar-refractivity contribution in [1.29, 1.82) is 0 Å². The zero-order valence-electron chi connectivity index (χ0n) is 51.0. The molecule has 1 heterocycles. The maximum Gasteiger partial charge on any atom is 0.335 e. The van der Waals surface area contributed by atoms with Crippen molar-refractivity contribution in [3.05, 3.63) is 97.2 Å². The Balaban J connectivity index is 2.69. The number of aliphatic hydroxyl groups excluding tert-OH is 2. The number of esters is 3. The summed E-state index contributed by atoms with van der Waals surface area (Å²) in [7, 11) is 0. The third-order valence-corrected chi connectivity index (χ3v) is 14.1. The Morgan fingerprint density at radius 2 is 0.778 bits per heavy atom. The molecular formula is C69H114O12. The average Bonchev–Trinajstić information content (AvgIpc) is 3.52. The Labute approximate surface area is 492 Å². The summed E-state index contributed by atoms with van der Waals surface area (Å²) >= 11 is 0. The summed E-state index contributed by atoms with van der Waals surface area (Å²) in [6, 6.07) is 0. The molecule has 0 aromatic rings. The van der Waals surface area contributed by atoms with E-state index < -0.39 is 67.3 Å². The van der Waals surface area contributed by atoms with Gasteiger partial charge in [-0.2, -0.15) is 0 Å². The largest absolute Gasteiger partial charge is 0.479 e. The van der Waals surface area contributed by atoms with Gasteiger partial charge in [-0.1, -0.05) is 221 Å². The van der Waals surface area contributed by atoms with Crippen molar-refractivity contribution in [3.8, 4) is 0 Å². The molecule has 1 aliphatic heterocycles. The molecule has 0 saturated carbocycles. The van der Waals surface area contributed by atoms with Crippen LogP contribution in [0.5, 0.6) is 0 Å². The zero-order chi connectivity index (χ0) is 58.9. The summed E-state index contributed by atoms with van der Waals surface area (Å²) < 4.78 is 28.5. The predicted molar refractivity (Wildman–Crippen MR) is 331 cm³/mol. The molecule has 12 heteroatoms.